The van der Waals surface area contributed by atoms with Crippen LogP contribution in [0.1, 0.15) is 18.3 Å². The van der Waals surface area contributed by atoms with Gasteiger partial charge in [-0.2, -0.15) is 0 Å². The number of fused-ring (bicyclic) bond motifs is 1. The molecule has 0 aliphatic rings. The van der Waals surface area contributed by atoms with Gasteiger partial charge in [0.05, 0.1) is 0 Å². The molecule has 0 saturated heterocycles. The number of aliphatic hydroxyl groups is 1. The quantitative estimate of drug-likeness (QED) is 0.460. The Morgan fingerprint density at radius 1 is 0.760 bits per heavy atom. The van der Waals surface area contributed by atoms with Gasteiger partial charge in [-0.1, -0.05) is 0 Å². The first kappa shape index (κ1) is 16.4. The Labute approximate surface area is 154 Å². The first-order valence-corrected chi connectivity index (χ1v) is 10.2. The van der Waals surface area contributed by atoms with Gasteiger partial charge in [0.25, 0.3) is 0 Å². The van der Waals surface area contributed by atoms with Gasteiger partial charge < -0.3 is 0 Å². The van der Waals surface area contributed by atoms with Crippen LogP contribution in [0.4, 0.5) is 0 Å². The molecule has 0 saturated carbocycles. The van der Waals surface area contributed by atoms with Crippen molar-refractivity contribution in [1.82, 2.24) is 0 Å². The van der Waals surface area contributed by atoms with Gasteiger partial charge in [0.2, 0.25) is 0 Å². The van der Waals surface area contributed by atoms with Crippen LogP contribution >= 0.6 is 0 Å². The van der Waals surface area contributed by atoms with Crippen LogP contribution < -0.4 is 0 Å². The summed E-state index contributed by atoms with van der Waals surface area (Å²) in [7, 11) is 0. The summed E-state index contributed by atoms with van der Waals surface area (Å²) < 4.78 is 2.48. The zero-order chi connectivity index (χ0) is 17.4. The fourth-order valence-electron chi connectivity index (χ4n) is 3.16. The Kier molecular flexibility index (Phi) is 4.13. The van der Waals surface area contributed by atoms with E-state index in [0.717, 1.165) is 4.44 Å². The maximum atomic E-state index is 10.6. The van der Waals surface area contributed by atoms with E-state index in [-0.39, 0.29) is 14.5 Å². The molecule has 0 fully saturated rings. The van der Waals surface area contributed by atoms with E-state index in [2.05, 4.69) is 72.8 Å². The average molecular weight is 391 g/mol. The maximum absolute atomic E-state index is 10.6. The second-order valence-electron chi connectivity index (χ2n) is 6.81. The molecule has 0 radical (unpaired) electrons. The Bertz CT molecular complexity index is 1020. The van der Waals surface area contributed by atoms with E-state index in [1.165, 1.54) is 31.9 Å². The third kappa shape index (κ3) is 3.09. The van der Waals surface area contributed by atoms with Gasteiger partial charge in [-0.3, -0.25) is 0 Å². The van der Waals surface area contributed by atoms with Crippen LogP contribution in [0.2, 0.25) is 0 Å². The van der Waals surface area contributed by atoms with E-state index < -0.39 is 5.60 Å². The van der Waals surface area contributed by atoms with Gasteiger partial charge in [-0.05, 0) is 0 Å². The van der Waals surface area contributed by atoms with E-state index in [9.17, 15) is 5.11 Å². The minimum atomic E-state index is -0.785. The van der Waals surface area contributed by atoms with Crippen molar-refractivity contribution >= 4 is 25.3 Å². The number of benzene rings is 3. The summed E-state index contributed by atoms with van der Waals surface area (Å²) in [5.41, 5.74) is 2.96. The van der Waals surface area contributed by atoms with Crippen LogP contribution in [-0.2, 0) is 5.60 Å². The molecule has 0 atom stereocenters. The molecular formula is C23H20OSe. The minimum absolute atomic E-state index is 0.117. The molecule has 4 rings (SSSR count). The summed E-state index contributed by atoms with van der Waals surface area (Å²) in [5.74, 6) is 0. The molecule has 3 aromatic carbocycles. The van der Waals surface area contributed by atoms with E-state index in [4.69, 9.17) is 0 Å². The average Bonchev–Trinajstić information content (AvgIpc) is 3.07. The molecule has 4 aromatic rings. The standard InChI is InChI=1S/C23H20OSe/c1-23(2,24)21-15-20(22(25-21)17-10-4-3-5-11-17)19-14-8-12-16-9-6-7-13-18(16)19/h3-15,24H,1-2H3. The Morgan fingerprint density at radius 3 is 2.20 bits per heavy atom. The van der Waals surface area contributed by atoms with Crippen LogP contribution in [0.5, 0.6) is 0 Å². The van der Waals surface area contributed by atoms with Gasteiger partial charge >= 0.3 is 154 Å². The summed E-state index contributed by atoms with van der Waals surface area (Å²) in [6, 6.07) is 27.8. The number of hydrogen-bond acceptors (Lipinski definition) is 1. The molecule has 1 N–H and O–H groups in total. The van der Waals surface area contributed by atoms with E-state index in [1.54, 1.807) is 0 Å². The monoisotopic (exact) mass is 392 g/mol. The predicted octanol–water partition coefficient (Wildman–Crippen LogP) is 5.46. The van der Waals surface area contributed by atoms with Crippen LogP contribution in [0.25, 0.3) is 31.9 Å². The second kappa shape index (κ2) is 6.31. The molecule has 124 valence electrons. The number of rotatable bonds is 3. The zero-order valence-electron chi connectivity index (χ0n) is 14.4. The summed E-state index contributed by atoms with van der Waals surface area (Å²) in [5, 5.41) is 13.1. The van der Waals surface area contributed by atoms with Crippen molar-refractivity contribution in [2.75, 3.05) is 0 Å². The van der Waals surface area contributed by atoms with Gasteiger partial charge in [0, 0.05) is 0 Å². The van der Waals surface area contributed by atoms with Crippen LogP contribution in [0, 0.1) is 0 Å². The third-order valence-electron chi connectivity index (χ3n) is 4.45. The van der Waals surface area contributed by atoms with Crippen LogP contribution in [0.15, 0.2) is 78.9 Å². The molecule has 1 aromatic heterocycles. The van der Waals surface area contributed by atoms with Gasteiger partial charge in [0.1, 0.15) is 0 Å². The Hall–Kier alpha value is -2.12. The van der Waals surface area contributed by atoms with E-state index in [0.29, 0.717) is 0 Å². The first-order chi connectivity index (χ1) is 12.0. The molecule has 0 aliphatic carbocycles. The number of hydrogen-bond donors (Lipinski definition) is 1. The van der Waals surface area contributed by atoms with Crippen molar-refractivity contribution in [3.8, 4) is 21.1 Å². The van der Waals surface area contributed by atoms with Gasteiger partial charge in [-0.15, -0.1) is 0 Å². The second-order valence-corrected chi connectivity index (χ2v) is 9.01. The fraction of sp³-hybridized carbons (Fsp3) is 0.130. The molecule has 1 heterocycles. The molecule has 0 amide bonds. The molecule has 0 bridgehead atoms. The molecule has 0 aliphatic heterocycles. The molecule has 1 nitrogen and oxygen atoms in total. The summed E-state index contributed by atoms with van der Waals surface area (Å²) in [4.78, 5) is 0. The van der Waals surface area contributed by atoms with Crippen molar-refractivity contribution in [3.05, 3.63) is 83.3 Å². The van der Waals surface area contributed by atoms with Crippen LogP contribution in [0.3, 0.4) is 0 Å². The van der Waals surface area contributed by atoms with Crippen LogP contribution in [-0.4, -0.2) is 19.6 Å². The van der Waals surface area contributed by atoms with Crippen molar-refractivity contribution < 1.29 is 5.11 Å². The first-order valence-electron chi connectivity index (χ1n) is 8.44. The van der Waals surface area contributed by atoms with Crippen molar-refractivity contribution in [3.63, 3.8) is 0 Å². The van der Waals surface area contributed by atoms with Gasteiger partial charge in [0.15, 0.2) is 0 Å². The van der Waals surface area contributed by atoms with E-state index >= 15 is 0 Å². The Morgan fingerprint density at radius 2 is 1.44 bits per heavy atom. The molecule has 25 heavy (non-hydrogen) atoms. The van der Waals surface area contributed by atoms with Gasteiger partial charge in [-0.25, -0.2) is 0 Å². The molecular weight excluding hydrogens is 371 g/mol. The SMILES string of the molecule is CC(C)(O)c1cc(-c2cccc3ccccc23)c(-c2ccccc2)[se]1. The predicted molar refractivity (Wildman–Crippen MR) is 107 cm³/mol. The van der Waals surface area contributed by atoms with Crippen molar-refractivity contribution in [1.29, 1.82) is 0 Å². The topological polar surface area (TPSA) is 20.2 Å². The third-order valence-corrected chi connectivity index (χ3v) is 7.59. The van der Waals surface area contributed by atoms with Crippen molar-refractivity contribution in [2.24, 2.45) is 0 Å². The molecule has 0 unspecified atom stereocenters. The fourth-order valence-corrected chi connectivity index (χ4v) is 5.63. The Balaban J connectivity index is 2.02. The summed E-state index contributed by atoms with van der Waals surface area (Å²) in [6.45, 7) is 3.77. The zero-order valence-corrected chi connectivity index (χ0v) is 16.1. The summed E-state index contributed by atoms with van der Waals surface area (Å²) >= 11 is 0.117. The normalized spacial score (nSPS) is 11.8. The summed E-state index contributed by atoms with van der Waals surface area (Å²) in [6.07, 6.45) is 0. The molecule has 2 heteroatoms. The van der Waals surface area contributed by atoms with Crippen molar-refractivity contribution in [2.45, 2.75) is 19.4 Å². The van der Waals surface area contributed by atoms with E-state index in [1.807, 2.05) is 19.9 Å². The molecule has 0 spiro atoms.